The van der Waals surface area contributed by atoms with Gasteiger partial charge in [0.1, 0.15) is 18.3 Å². The standard InChI is InChI=1S/C32H40ClN3O7S/c1-7-8-17-34-32(38)23(3)35(20-24-12-10-9-11-22(24)2)31(37)21-36(27-18-25(33)13-15-28(27)41-4)44(39,40)26-14-16-29(42-5)30(19-26)43-6/h9-16,18-19,23H,7-8,17,20-21H2,1-6H3,(H,34,38)/t23-/m1/s1. The molecule has 0 saturated heterocycles. The molecule has 1 atom stereocenters. The van der Waals surface area contributed by atoms with Gasteiger partial charge in [-0.15, -0.1) is 0 Å². The second-order valence-corrected chi connectivity index (χ2v) is 12.4. The summed E-state index contributed by atoms with van der Waals surface area (Å²) in [5.74, 6) is -0.229. The van der Waals surface area contributed by atoms with Gasteiger partial charge in [-0.05, 0) is 61.7 Å². The Bertz CT molecular complexity index is 1570. The smallest absolute Gasteiger partial charge is 0.265 e. The number of rotatable bonds is 15. The average Bonchev–Trinajstić information content (AvgIpc) is 3.02. The van der Waals surface area contributed by atoms with Gasteiger partial charge in [0.05, 0.1) is 31.9 Å². The maximum Gasteiger partial charge on any atom is 0.265 e. The first-order chi connectivity index (χ1) is 21.0. The summed E-state index contributed by atoms with van der Waals surface area (Å²) in [7, 11) is -0.196. The van der Waals surface area contributed by atoms with Crippen molar-refractivity contribution in [2.75, 3.05) is 38.7 Å². The van der Waals surface area contributed by atoms with E-state index < -0.39 is 28.5 Å². The normalized spacial score (nSPS) is 11.8. The average molecular weight is 646 g/mol. The first-order valence-corrected chi connectivity index (χ1v) is 16.0. The minimum absolute atomic E-state index is 0.0547. The van der Waals surface area contributed by atoms with Crippen LogP contribution in [0.15, 0.2) is 65.6 Å². The number of amides is 2. The second kappa shape index (κ2) is 15.7. The van der Waals surface area contributed by atoms with Gasteiger partial charge in [-0.25, -0.2) is 8.42 Å². The van der Waals surface area contributed by atoms with Gasteiger partial charge in [-0.2, -0.15) is 0 Å². The molecule has 1 N–H and O–H groups in total. The molecule has 0 saturated carbocycles. The molecule has 0 aliphatic carbocycles. The van der Waals surface area contributed by atoms with Crippen LogP contribution >= 0.6 is 11.6 Å². The van der Waals surface area contributed by atoms with Crippen LogP contribution in [0.3, 0.4) is 0 Å². The number of hydrogen-bond acceptors (Lipinski definition) is 7. The first kappa shape index (κ1) is 34.5. The molecular formula is C32H40ClN3O7S. The third kappa shape index (κ3) is 8.15. The number of methoxy groups -OCH3 is 3. The molecule has 10 nitrogen and oxygen atoms in total. The zero-order valence-corrected chi connectivity index (χ0v) is 27.5. The summed E-state index contributed by atoms with van der Waals surface area (Å²) in [4.78, 5) is 28.6. The predicted molar refractivity (Wildman–Crippen MR) is 171 cm³/mol. The van der Waals surface area contributed by atoms with E-state index >= 15 is 0 Å². The van der Waals surface area contributed by atoms with Gasteiger partial charge >= 0.3 is 0 Å². The van der Waals surface area contributed by atoms with E-state index in [9.17, 15) is 18.0 Å². The first-order valence-electron chi connectivity index (χ1n) is 14.2. The predicted octanol–water partition coefficient (Wildman–Crippen LogP) is 5.20. The third-order valence-electron chi connectivity index (χ3n) is 7.23. The van der Waals surface area contributed by atoms with Crippen LogP contribution in [0.4, 0.5) is 5.69 Å². The number of halogens is 1. The molecule has 0 spiro atoms. The molecule has 238 valence electrons. The number of nitrogens with zero attached hydrogens (tertiary/aromatic N) is 2. The van der Waals surface area contributed by atoms with Crippen LogP contribution in [0.1, 0.15) is 37.8 Å². The van der Waals surface area contributed by atoms with E-state index in [-0.39, 0.29) is 39.6 Å². The number of carbonyl (C=O) groups is 2. The van der Waals surface area contributed by atoms with Crippen LogP contribution in [0.5, 0.6) is 17.2 Å². The molecule has 0 aliphatic heterocycles. The lowest BCUT2D eigenvalue weighted by molar-refractivity contribution is -0.139. The summed E-state index contributed by atoms with van der Waals surface area (Å²) in [5, 5.41) is 3.12. The zero-order valence-electron chi connectivity index (χ0n) is 25.9. The van der Waals surface area contributed by atoms with Gasteiger partial charge in [0.2, 0.25) is 11.8 Å². The van der Waals surface area contributed by atoms with E-state index in [1.54, 1.807) is 13.0 Å². The summed E-state index contributed by atoms with van der Waals surface area (Å²) >= 11 is 6.32. The molecule has 44 heavy (non-hydrogen) atoms. The van der Waals surface area contributed by atoms with Crippen molar-refractivity contribution in [2.45, 2.75) is 51.1 Å². The van der Waals surface area contributed by atoms with Gasteiger partial charge in [0.25, 0.3) is 10.0 Å². The third-order valence-corrected chi connectivity index (χ3v) is 9.22. The van der Waals surface area contributed by atoms with Crippen molar-refractivity contribution in [3.63, 3.8) is 0 Å². The molecule has 12 heteroatoms. The molecule has 0 bridgehead atoms. The highest BCUT2D eigenvalue weighted by molar-refractivity contribution is 7.92. The van der Waals surface area contributed by atoms with Gasteiger partial charge in [0, 0.05) is 24.2 Å². The molecule has 3 aromatic rings. The van der Waals surface area contributed by atoms with Crippen molar-refractivity contribution < 1.29 is 32.2 Å². The zero-order chi connectivity index (χ0) is 32.4. The number of aryl methyl sites for hydroxylation is 1. The fourth-order valence-electron chi connectivity index (χ4n) is 4.57. The molecule has 3 aromatic carbocycles. The fraction of sp³-hybridized carbons (Fsp3) is 0.375. The minimum atomic E-state index is -4.42. The highest BCUT2D eigenvalue weighted by Gasteiger charge is 2.34. The maximum atomic E-state index is 14.3. The summed E-state index contributed by atoms with van der Waals surface area (Å²) in [6.45, 7) is 5.46. The van der Waals surface area contributed by atoms with E-state index in [2.05, 4.69) is 5.32 Å². The molecule has 0 fully saturated rings. The molecule has 0 radical (unpaired) electrons. The number of sulfonamides is 1. The second-order valence-electron chi connectivity index (χ2n) is 10.1. The molecule has 0 unspecified atom stereocenters. The molecule has 2 amide bonds. The van der Waals surface area contributed by atoms with Crippen molar-refractivity contribution >= 4 is 39.1 Å². The largest absolute Gasteiger partial charge is 0.495 e. The van der Waals surface area contributed by atoms with Crippen LogP contribution in [-0.2, 0) is 26.2 Å². The fourth-order valence-corrected chi connectivity index (χ4v) is 6.16. The van der Waals surface area contributed by atoms with Crippen LogP contribution in [0.2, 0.25) is 5.02 Å². The summed E-state index contributed by atoms with van der Waals surface area (Å²) < 4.78 is 45.7. The Hall–Kier alpha value is -3.96. The van der Waals surface area contributed by atoms with Crippen molar-refractivity contribution in [3.8, 4) is 17.2 Å². The Labute approximate surface area is 264 Å². The highest BCUT2D eigenvalue weighted by atomic mass is 35.5. The Morgan fingerprint density at radius 1 is 0.932 bits per heavy atom. The lowest BCUT2D eigenvalue weighted by Gasteiger charge is -2.32. The topological polar surface area (TPSA) is 114 Å². The van der Waals surface area contributed by atoms with E-state index in [1.165, 1.54) is 56.6 Å². The summed E-state index contributed by atoms with van der Waals surface area (Å²) in [5.41, 5.74) is 1.80. The summed E-state index contributed by atoms with van der Waals surface area (Å²) in [6, 6.07) is 15.3. The van der Waals surface area contributed by atoms with Crippen LogP contribution in [-0.4, -0.2) is 65.6 Å². The van der Waals surface area contributed by atoms with E-state index in [4.69, 9.17) is 25.8 Å². The Morgan fingerprint density at radius 2 is 1.59 bits per heavy atom. The lowest BCUT2D eigenvalue weighted by Crippen LogP contribution is -2.51. The number of hydrogen-bond donors (Lipinski definition) is 1. The van der Waals surface area contributed by atoms with Gasteiger partial charge < -0.3 is 24.4 Å². The van der Waals surface area contributed by atoms with Crippen LogP contribution in [0, 0.1) is 6.92 Å². The number of ether oxygens (including phenoxy) is 3. The van der Waals surface area contributed by atoms with E-state index in [0.717, 1.165) is 28.3 Å². The van der Waals surface area contributed by atoms with Crippen molar-refractivity contribution in [1.29, 1.82) is 0 Å². The Balaban J connectivity index is 2.13. The number of carbonyl (C=O) groups excluding carboxylic acids is 2. The lowest BCUT2D eigenvalue weighted by atomic mass is 10.1. The van der Waals surface area contributed by atoms with Gasteiger partial charge in [-0.3, -0.25) is 13.9 Å². The summed E-state index contributed by atoms with van der Waals surface area (Å²) in [6.07, 6.45) is 1.68. The van der Waals surface area contributed by atoms with Crippen molar-refractivity contribution in [2.24, 2.45) is 0 Å². The van der Waals surface area contributed by atoms with Gasteiger partial charge in [-0.1, -0.05) is 49.2 Å². The number of nitrogens with one attached hydrogen (secondary N) is 1. The van der Waals surface area contributed by atoms with Crippen molar-refractivity contribution in [1.82, 2.24) is 10.2 Å². The molecule has 0 heterocycles. The monoisotopic (exact) mass is 645 g/mol. The number of unbranched alkanes of at least 4 members (excludes halogenated alkanes) is 1. The molecule has 0 aromatic heterocycles. The number of anilines is 1. The quantitative estimate of drug-likeness (QED) is 0.226. The highest BCUT2D eigenvalue weighted by Crippen LogP contribution is 2.37. The van der Waals surface area contributed by atoms with Crippen LogP contribution in [0.25, 0.3) is 0 Å². The molecule has 0 aliphatic rings. The molecular weight excluding hydrogens is 606 g/mol. The Kier molecular flexibility index (Phi) is 12.3. The minimum Gasteiger partial charge on any atom is -0.495 e. The molecule has 3 rings (SSSR count). The Morgan fingerprint density at radius 3 is 2.23 bits per heavy atom. The number of benzene rings is 3. The van der Waals surface area contributed by atoms with Crippen molar-refractivity contribution in [3.05, 3.63) is 76.8 Å². The van der Waals surface area contributed by atoms with Crippen LogP contribution < -0.4 is 23.8 Å². The van der Waals surface area contributed by atoms with E-state index in [0.29, 0.717) is 12.3 Å². The SMILES string of the molecule is CCCCNC(=O)[C@@H](C)N(Cc1ccccc1C)C(=O)CN(c1cc(Cl)ccc1OC)S(=O)(=O)c1ccc(OC)c(OC)c1. The van der Waals surface area contributed by atoms with Gasteiger partial charge in [0.15, 0.2) is 11.5 Å². The van der Waals surface area contributed by atoms with E-state index in [1.807, 2.05) is 38.1 Å². The maximum absolute atomic E-state index is 14.3.